The lowest BCUT2D eigenvalue weighted by molar-refractivity contribution is 1.09. The average molecular weight is 232 g/mol. The van der Waals surface area contributed by atoms with Gasteiger partial charge in [-0.25, -0.2) is 9.97 Å². The van der Waals surface area contributed by atoms with Gasteiger partial charge in [0.25, 0.3) is 0 Å². The van der Waals surface area contributed by atoms with Crippen LogP contribution in [0, 0.1) is 0 Å². The van der Waals surface area contributed by atoms with E-state index in [-0.39, 0.29) is 0 Å². The fourth-order valence-electron chi connectivity index (χ4n) is 0.828. The molecule has 0 fully saturated rings. The highest BCUT2D eigenvalue weighted by molar-refractivity contribution is 7.19. The van der Waals surface area contributed by atoms with E-state index in [1.165, 1.54) is 11.3 Å². The van der Waals surface area contributed by atoms with Crippen molar-refractivity contribution in [3.63, 3.8) is 0 Å². The van der Waals surface area contributed by atoms with Crippen LogP contribution in [0.25, 0.3) is 0 Å². The fourth-order valence-corrected chi connectivity index (χ4v) is 2.19. The van der Waals surface area contributed by atoms with Gasteiger partial charge in [-0.2, -0.15) is 0 Å². The minimum absolute atomic E-state index is 0.696. The van der Waals surface area contributed by atoms with E-state index in [1.807, 2.05) is 5.38 Å². The van der Waals surface area contributed by atoms with Gasteiger partial charge in [0.15, 0.2) is 5.13 Å². The molecule has 2 rings (SSSR count). The number of nitrogens with one attached hydrogen (secondary N) is 1. The minimum Gasteiger partial charge on any atom is -0.355 e. The molecule has 0 aliphatic heterocycles. The summed E-state index contributed by atoms with van der Waals surface area (Å²) in [4.78, 5) is 8.21. The van der Waals surface area contributed by atoms with Crippen molar-refractivity contribution < 1.29 is 0 Å². The third kappa shape index (κ3) is 2.40. The Morgan fingerprint density at radius 1 is 1.46 bits per heavy atom. The smallest absolute Gasteiger partial charge is 0.184 e. The fraction of sp³-hybridized carbons (Fsp3) is 0.143. The molecule has 0 aliphatic carbocycles. The summed E-state index contributed by atoms with van der Waals surface area (Å²) in [5.41, 5.74) is 0. The number of hydrogen-bond acceptors (Lipinski definition) is 5. The normalized spacial score (nSPS) is 10.2. The quantitative estimate of drug-likeness (QED) is 0.883. The second-order valence-corrected chi connectivity index (χ2v) is 4.89. The molecule has 0 aromatic carbocycles. The van der Waals surface area contributed by atoms with Gasteiger partial charge in [-0.1, -0.05) is 22.9 Å². The number of nitrogens with zero attached hydrogens (tertiary/aromatic N) is 2. The zero-order valence-electron chi connectivity index (χ0n) is 6.53. The van der Waals surface area contributed by atoms with Crippen LogP contribution in [-0.4, -0.2) is 9.97 Å². The van der Waals surface area contributed by atoms with Gasteiger partial charge < -0.3 is 5.32 Å². The first-order chi connectivity index (χ1) is 6.34. The Bertz CT molecular complexity index is 371. The van der Waals surface area contributed by atoms with E-state index in [4.69, 9.17) is 11.6 Å². The summed E-state index contributed by atoms with van der Waals surface area (Å²) in [5.74, 6) is 0. The highest BCUT2D eigenvalue weighted by Crippen LogP contribution is 2.22. The van der Waals surface area contributed by atoms with E-state index in [0.717, 1.165) is 10.1 Å². The van der Waals surface area contributed by atoms with Crippen LogP contribution in [0.1, 0.15) is 5.01 Å². The van der Waals surface area contributed by atoms with Gasteiger partial charge >= 0.3 is 0 Å². The van der Waals surface area contributed by atoms with E-state index < -0.39 is 0 Å². The van der Waals surface area contributed by atoms with Gasteiger partial charge in [0.05, 0.1) is 12.7 Å². The number of halogens is 1. The largest absolute Gasteiger partial charge is 0.355 e. The molecule has 0 bridgehead atoms. The van der Waals surface area contributed by atoms with E-state index in [9.17, 15) is 0 Å². The van der Waals surface area contributed by atoms with Gasteiger partial charge in [-0.05, 0) is 0 Å². The molecule has 0 atom stereocenters. The molecule has 0 saturated heterocycles. The topological polar surface area (TPSA) is 37.8 Å². The van der Waals surface area contributed by atoms with Crippen LogP contribution in [0.4, 0.5) is 5.13 Å². The van der Waals surface area contributed by atoms with Crippen molar-refractivity contribution in [3.8, 4) is 0 Å². The molecular formula is C7H6ClN3S2. The summed E-state index contributed by atoms with van der Waals surface area (Å²) in [6, 6.07) is 0. The van der Waals surface area contributed by atoms with Gasteiger partial charge in [0.1, 0.15) is 9.34 Å². The molecule has 1 N–H and O–H groups in total. The maximum atomic E-state index is 5.72. The molecule has 0 spiro atoms. The minimum atomic E-state index is 0.696. The highest BCUT2D eigenvalue weighted by Gasteiger charge is 1.99. The maximum Gasteiger partial charge on any atom is 0.184 e. The molecule has 13 heavy (non-hydrogen) atoms. The zero-order valence-corrected chi connectivity index (χ0v) is 8.92. The second-order valence-electron chi connectivity index (χ2n) is 2.25. The van der Waals surface area contributed by atoms with Crippen LogP contribution in [-0.2, 0) is 6.54 Å². The summed E-state index contributed by atoms with van der Waals surface area (Å²) in [7, 11) is 0. The monoisotopic (exact) mass is 231 g/mol. The third-order valence-corrected chi connectivity index (χ3v) is 3.20. The molecule has 0 saturated carbocycles. The van der Waals surface area contributed by atoms with Crippen LogP contribution in [0.15, 0.2) is 17.8 Å². The van der Waals surface area contributed by atoms with Gasteiger partial charge in [0.2, 0.25) is 0 Å². The summed E-state index contributed by atoms with van der Waals surface area (Å²) < 4.78 is 0.696. The van der Waals surface area contributed by atoms with E-state index in [1.54, 1.807) is 23.7 Å². The van der Waals surface area contributed by atoms with Crippen LogP contribution in [0.2, 0.25) is 4.34 Å². The summed E-state index contributed by atoms with van der Waals surface area (Å²) in [5, 5.41) is 6.97. The Balaban J connectivity index is 1.93. The van der Waals surface area contributed by atoms with Crippen LogP contribution in [0.5, 0.6) is 0 Å². The third-order valence-electron chi connectivity index (χ3n) is 1.35. The van der Waals surface area contributed by atoms with Crippen molar-refractivity contribution in [2.24, 2.45) is 0 Å². The lowest BCUT2D eigenvalue weighted by Crippen LogP contribution is -1.97. The number of rotatable bonds is 3. The predicted octanol–water partition coefficient (Wildman–Crippen LogP) is 2.87. The number of anilines is 1. The first kappa shape index (κ1) is 8.93. The predicted molar refractivity (Wildman–Crippen MR) is 56.6 cm³/mol. The van der Waals surface area contributed by atoms with E-state index in [2.05, 4.69) is 15.3 Å². The zero-order chi connectivity index (χ0) is 9.10. The summed E-state index contributed by atoms with van der Waals surface area (Å²) in [6.45, 7) is 0.710. The SMILES string of the molecule is Clc1cnc(NCc2nccs2)s1. The molecule has 6 heteroatoms. The Morgan fingerprint density at radius 2 is 2.38 bits per heavy atom. The second kappa shape index (κ2) is 4.04. The number of hydrogen-bond donors (Lipinski definition) is 1. The van der Waals surface area contributed by atoms with Gasteiger partial charge in [-0.3, -0.25) is 0 Å². The van der Waals surface area contributed by atoms with Crippen molar-refractivity contribution in [3.05, 3.63) is 27.1 Å². The lowest BCUT2D eigenvalue weighted by Gasteiger charge is -1.96. The highest BCUT2D eigenvalue weighted by atomic mass is 35.5. The molecule has 0 amide bonds. The number of thiazole rings is 2. The lowest BCUT2D eigenvalue weighted by atomic mass is 10.7. The Kier molecular flexibility index (Phi) is 2.77. The molecule has 0 aliphatic rings. The summed E-state index contributed by atoms with van der Waals surface area (Å²) >= 11 is 8.77. The first-order valence-corrected chi connectivity index (χ1v) is 5.65. The van der Waals surface area contributed by atoms with E-state index in [0.29, 0.717) is 10.9 Å². The van der Waals surface area contributed by atoms with Crippen LogP contribution in [0.3, 0.4) is 0 Å². The molecule has 2 heterocycles. The van der Waals surface area contributed by atoms with Crippen molar-refractivity contribution in [2.45, 2.75) is 6.54 Å². The van der Waals surface area contributed by atoms with Crippen molar-refractivity contribution in [1.82, 2.24) is 9.97 Å². The van der Waals surface area contributed by atoms with E-state index >= 15 is 0 Å². The molecule has 0 unspecified atom stereocenters. The maximum absolute atomic E-state index is 5.72. The van der Waals surface area contributed by atoms with Crippen LogP contribution >= 0.6 is 34.3 Å². The molecule has 0 radical (unpaired) electrons. The van der Waals surface area contributed by atoms with Crippen molar-refractivity contribution in [1.29, 1.82) is 0 Å². The molecule has 2 aromatic rings. The molecular weight excluding hydrogens is 226 g/mol. The first-order valence-electron chi connectivity index (χ1n) is 3.58. The molecule has 3 nitrogen and oxygen atoms in total. The Labute approximate surface area is 88.4 Å². The van der Waals surface area contributed by atoms with Gasteiger partial charge in [-0.15, -0.1) is 11.3 Å². The van der Waals surface area contributed by atoms with Gasteiger partial charge in [0, 0.05) is 11.6 Å². The molecule has 68 valence electrons. The average Bonchev–Trinajstić information content (AvgIpc) is 2.71. The standard InChI is InChI=1S/C7H6ClN3S2/c8-5-3-10-7(13-5)11-4-6-9-1-2-12-6/h1-3H,4H2,(H,10,11). The Morgan fingerprint density at radius 3 is 3.00 bits per heavy atom. The van der Waals surface area contributed by atoms with Crippen molar-refractivity contribution in [2.75, 3.05) is 5.32 Å². The molecule has 2 aromatic heterocycles. The Hall–Kier alpha value is -0.650. The number of aromatic nitrogens is 2. The van der Waals surface area contributed by atoms with Crippen molar-refractivity contribution >= 4 is 39.4 Å². The van der Waals surface area contributed by atoms with Crippen LogP contribution < -0.4 is 5.32 Å². The summed E-state index contributed by atoms with van der Waals surface area (Å²) in [6.07, 6.45) is 3.42.